The average molecular weight is 466 g/mol. The topological polar surface area (TPSA) is 82.5 Å². The molecule has 3 aromatic rings. The van der Waals surface area contributed by atoms with E-state index in [-0.39, 0.29) is 41.1 Å². The summed E-state index contributed by atoms with van der Waals surface area (Å²) in [6.07, 6.45) is 0. The Balaban J connectivity index is 1.56. The van der Waals surface area contributed by atoms with Crippen LogP contribution in [0, 0.1) is 5.82 Å². The molecule has 0 unspecified atom stereocenters. The molecule has 162 valence electrons. The second-order valence-corrected chi connectivity index (χ2v) is 7.16. The minimum absolute atomic E-state index is 0.0185. The van der Waals surface area contributed by atoms with Gasteiger partial charge in [0.05, 0.1) is 29.4 Å². The van der Waals surface area contributed by atoms with Gasteiger partial charge >= 0.3 is 0 Å². The fourth-order valence-corrected chi connectivity index (χ4v) is 3.25. The predicted octanol–water partition coefficient (Wildman–Crippen LogP) is 3.56. The summed E-state index contributed by atoms with van der Waals surface area (Å²) < 4.78 is 24.9. The van der Waals surface area contributed by atoms with Crippen molar-refractivity contribution in [1.29, 1.82) is 0 Å². The zero-order valence-electron chi connectivity index (χ0n) is 16.4. The lowest BCUT2D eigenvalue weighted by Gasteiger charge is -2.11. The molecule has 0 aliphatic rings. The number of hydrogen-bond donors (Lipinski definition) is 1. The Morgan fingerprint density at radius 1 is 1.13 bits per heavy atom. The standard InChI is InChI=1S/C21H18Cl2FN3O4/c1-30-15-4-2-13(3-5-15)18-6-7-20(29)27(26-18)9-8-25-19(28)12-31-21-16(22)10-14(24)11-17(21)23/h2-7,10-11H,8-9,12H2,1H3,(H,25,28). The molecule has 0 spiro atoms. The third-order valence-electron chi connectivity index (χ3n) is 4.21. The summed E-state index contributed by atoms with van der Waals surface area (Å²) in [6.45, 7) is -0.0715. The fraction of sp³-hybridized carbons (Fsp3) is 0.190. The van der Waals surface area contributed by atoms with Gasteiger partial charge in [0.2, 0.25) is 0 Å². The largest absolute Gasteiger partial charge is 0.497 e. The predicted molar refractivity (Wildman–Crippen MR) is 115 cm³/mol. The highest BCUT2D eigenvalue weighted by molar-refractivity contribution is 6.37. The molecule has 1 amide bonds. The van der Waals surface area contributed by atoms with Crippen LogP contribution in [0.1, 0.15) is 0 Å². The maximum atomic E-state index is 13.2. The van der Waals surface area contributed by atoms with E-state index in [4.69, 9.17) is 32.7 Å². The van der Waals surface area contributed by atoms with Gasteiger partial charge in [0.1, 0.15) is 11.6 Å². The van der Waals surface area contributed by atoms with E-state index in [1.165, 1.54) is 10.7 Å². The number of halogens is 3. The highest BCUT2D eigenvalue weighted by atomic mass is 35.5. The summed E-state index contributed by atoms with van der Waals surface area (Å²) in [6, 6.07) is 12.4. The minimum atomic E-state index is -0.610. The molecular formula is C21H18Cl2FN3O4. The lowest BCUT2D eigenvalue weighted by atomic mass is 10.1. The SMILES string of the molecule is COc1ccc(-c2ccc(=O)n(CCNC(=O)COc3c(Cl)cc(F)cc3Cl)n2)cc1. The van der Waals surface area contributed by atoms with Crippen LogP contribution in [0.5, 0.6) is 11.5 Å². The van der Waals surface area contributed by atoms with Crippen LogP contribution in [-0.4, -0.2) is 35.9 Å². The third-order valence-corrected chi connectivity index (χ3v) is 4.77. The molecule has 0 bridgehead atoms. The van der Waals surface area contributed by atoms with Gasteiger partial charge < -0.3 is 14.8 Å². The van der Waals surface area contributed by atoms with Gasteiger partial charge in [-0.2, -0.15) is 5.10 Å². The van der Waals surface area contributed by atoms with E-state index in [0.717, 1.165) is 17.7 Å². The number of hydrogen-bond acceptors (Lipinski definition) is 5. The molecule has 0 saturated heterocycles. The molecule has 0 atom stereocenters. The van der Waals surface area contributed by atoms with Gasteiger partial charge in [0, 0.05) is 18.2 Å². The van der Waals surface area contributed by atoms with Crippen molar-refractivity contribution in [1.82, 2.24) is 15.1 Å². The third kappa shape index (κ3) is 5.96. The Kier molecular flexibility index (Phi) is 7.49. The summed E-state index contributed by atoms with van der Waals surface area (Å²) >= 11 is 11.7. The first-order valence-corrected chi connectivity index (χ1v) is 9.89. The molecule has 3 rings (SSSR count). The highest BCUT2D eigenvalue weighted by Crippen LogP contribution is 2.33. The molecular weight excluding hydrogens is 448 g/mol. The Bertz CT molecular complexity index is 1110. The van der Waals surface area contributed by atoms with Gasteiger partial charge in [-0.05, 0) is 42.5 Å². The molecule has 1 N–H and O–H groups in total. The summed E-state index contributed by atoms with van der Waals surface area (Å²) in [7, 11) is 1.58. The number of amides is 1. The Labute approximate surface area is 187 Å². The van der Waals surface area contributed by atoms with Gasteiger partial charge in [0.15, 0.2) is 12.4 Å². The Morgan fingerprint density at radius 3 is 2.45 bits per heavy atom. The van der Waals surface area contributed by atoms with Gasteiger partial charge in [-0.15, -0.1) is 0 Å². The molecule has 7 nitrogen and oxygen atoms in total. The van der Waals surface area contributed by atoms with Crippen LogP contribution in [0.3, 0.4) is 0 Å². The molecule has 0 fully saturated rings. The molecule has 0 aliphatic heterocycles. The van der Waals surface area contributed by atoms with Gasteiger partial charge in [-0.25, -0.2) is 9.07 Å². The Hall–Kier alpha value is -3.10. The molecule has 0 radical (unpaired) electrons. The van der Waals surface area contributed by atoms with Crippen molar-refractivity contribution >= 4 is 29.1 Å². The zero-order valence-corrected chi connectivity index (χ0v) is 17.9. The van der Waals surface area contributed by atoms with Crippen LogP contribution < -0.4 is 20.3 Å². The molecule has 1 aromatic heterocycles. The number of ether oxygens (including phenoxy) is 2. The zero-order chi connectivity index (χ0) is 22.4. The number of carbonyl (C=O) groups excluding carboxylic acids is 1. The van der Waals surface area contributed by atoms with E-state index >= 15 is 0 Å². The van der Waals surface area contributed by atoms with Crippen LogP contribution >= 0.6 is 23.2 Å². The maximum absolute atomic E-state index is 13.2. The van der Waals surface area contributed by atoms with Gasteiger partial charge in [0.25, 0.3) is 11.5 Å². The molecule has 10 heteroatoms. The fourth-order valence-electron chi connectivity index (χ4n) is 2.68. The van der Waals surface area contributed by atoms with Crippen LogP contribution in [0.2, 0.25) is 10.0 Å². The molecule has 1 heterocycles. The first-order valence-electron chi connectivity index (χ1n) is 9.14. The van der Waals surface area contributed by atoms with Crippen molar-refractivity contribution in [3.05, 3.63) is 74.7 Å². The second kappa shape index (κ2) is 10.3. The van der Waals surface area contributed by atoms with Crippen molar-refractivity contribution in [3.8, 4) is 22.8 Å². The monoisotopic (exact) mass is 465 g/mol. The summed E-state index contributed by atoms with van der Waals surface area (Å²) in [5.74, 6) is -0.340. The van der Waals surface area contributed by atoms with Crippen LogP contribution in [0.15, 0.2) is 53.3 Å². The number of aromatic nitrogens is 2. The number of benzene rings is 2. The first kappa shape index (κ1) is 22.6. The average Bonchev–Trinajstić information content (AvgIpc) is 2.74. The quantitative estimate of drug-likeness (QED) is 0.549. The lowest BCUT2D eigenvalue weighted by Crippen LogP contribution is -2.34. The molecule has 0 aliphatic carbocycles. The summed E-state index contributed by atoms with van der Waals surface area (Å²) in [5.41, 5.74) is 1.13. The summed E-state index contributed by atoms with van der Waals surface area (Å²) in [4.78, 5) is 24.1. The van der Waals surface area contributed by atoms with E-state index in [0.29, 0.717) is 11.4 Å². The second-order valence-electron chi connectivity index (χ2n) is 6.35. The van der Waals surface area contributed by atoms with Gasteiger partial charge in [-0.3, -0.25) is 9.59 Å². The van der Waals surface area contributed by atoms with Crippen LogP contribution in [0.25, 0.3) is 11.3 Å². The number of nitrogens with zero attached hydrogens (tertiary/aromatic N) is 2. The Morgan fingerprint density at radius 2 is 1.81 bits per heavy atom. The minimum Gasteiger partial charge on any atom is -0.497 e. The smallest absolute Gasteiger partial charge is 0.266 e. The normalized spacial score (nSPS) is 10.6. The van der Waals surface area contributed by atoms with Crippen LogP contribution in [-0.2, 0) is 11.3 Å². The van der Waals surface area contributed by atoms with E-state index in [1.54, 1.807) is 25.3 Å². The highest BCUT2D eigenvalue weighted by Gasteiger charge is 2.12. The van der Waals surface area contributed by atoms with E-state index in [9.17, 15) is 14.0 Å². The van der Waals surface area contributed by atoms with Crippen molar-refractivity contribution in [3.63, 3.8) is 0 Å². The number of nitrogens with one attached hydrogen (secondary N) is 1. The van der Waals surface area contributed by atoms with Crippen molar-refractivity contribution in [2.45, 2.75) is 6.54 Å². The van der Waals surface area contributed by atoms with Gasteiger partial charge in [-0.1, -0.05) is 23.2 Å². The van der Waals surface area contributed by atoms with Crippen molar-refractivity contribution < 1.29 is 18.7 Å². The van der Waals surface area contributed by atoms with Crippen LogP contribution in [0.4, 0.5) is 4.39 Å². The number of rotatable bonds is 8. The van der Waals surface area contributed by atoms with E-state index in [2.05, 4.69) is 10.4 Å². The van der Waals surface area contributed by atoms with Crippen molar-refractivity contribution in [2.75, 3.05) is 20.3 Å². The van der Waals surface area contributed by atoms with E-state index < -0.39 is 11.7 Å². The molecule has 31 heavy (non-hydrogen) atoms. The van der Waals surface area contributed by atoms with Crippen molar-refractivity contribution in [2.24, 2.45) is 0 Å². The number of methoxy groups -OCH3 is 1. The number of carbonyl (C=O) groups is 1. The van der Waals surface area contributed by atoms with E-state index in [1.807, 2.05) is 12.1 Å². The molecule has 2 aromatic carbocycles. The first-order chi connectivity index (χ1) is 14.9. The molecule has 0 saturated carbocycles. The lowest BCUT2D eigenvalue weighted by molar-refractivity contribution is -0.123. The summed E-state index contributed by atoms with van der Waals surface area (Å²) in [5, 5.41) is 6.87. The maximum Gasteiger partial charge on any atom is 0.266 e.